The molecule has 0 radical (unpaired) electrons. The van der Waals surface area contributed by atoms with Crippen molar-refractivity contribution < 1.29 is 27.4 Å². The van der Waals surface area contributed by atoms with Gasteiger partial charge in [0.2, 0.25) is 0 Å². The zero-order valence-corrected chi connectivity index (χ0v) is 12.6. The Kier molecular flexibility index (Phi) is 4.93. The quantitative estimate of drug-likeness (QED) is 0.733. The van der Waals surface area contributed by atoms with Gasteiger partial charge in [-0.05, 0) is 49.4 Å². The second-order valence-corrected chi connectivity index (χ2v) is 4.88. The molecular formula is C17H15F3O3. The molecule has 0 N–H and O–H groups in total. The molecule has 0 atom stereocenters. The Morgan fingerprint density at radius 3 is 2.30 bits per heavy atom. The summed E-state index contributed by atoms with van der Waals surface area (Å²) in [7, 11) is 0. The molecule has 0 saturated heterocycles. The summed E-state index contributed by atoms with van der Waals surface area (Å²) < 4.78 is 50.3. The van der Waals surface area contributed by atoms with Gasteiger partial charge in [0.25, 0.3) is 5.92 Å². The van der Waals surface area contributed by atoms with E-state index in [-0.39, 0.29) is 29.2 Å². The van der Waals surface area contributed by atoms with Crippen LogP contribution in [0.2, 0.25) is 0 Å². The van der Waals surface area contributed by atoms with Gasteiger partial charge in [0.15, 0.2) is 11.6 Å². The van der Waals surface area contributed by atoms with Gasteiger partial charge in [0.1, 0.15) is 5.75 Å². The Bertz CT molecular complexity index is 691. The number of ether oxygens (including phenoxy) is 2. The van der Waals surface area contributed by atoms with E-state index in [1.807, 2.05) is 0 Å². The minimum Gasteiger partial charge on any atom is -0.462 e. The van der Waals surface area contributed by atoms with Crippen LogP contribution in [0.3, 0.4) is 0 Å². The van der Waals surface area contributed by atoms with Crippen LogP contribution in [0.4, 0.5) is 13.2 Å². The molecule has 23 heavy (non-hydrogen) atoms. The largest absolute Gasteiger partial charge is 0.462 e. The average molecular weight is 324 g/mol. The monoisotopic (exact) mass is 324 g/mol. The summed E-state index contributed by atoms with van der Waals surface area (Å²) in [5, 5.41) is 0. The lowest BCUT2D eigenvalue weighted by Crippen LogP contribution is -2.06. The van der Waals surface area contributed by atoms with Crippen molar-refractivity contribution in [2.45, 2.75) is 19.8 Å². The lowest BCUT2D eigenvalue weighted by Gasteiger charge is -2.12. The molecule has 0 fully saturated rings. The highest BCUT2D eigenvalue weighted by Crippen LogP contribution is 2.30. The number of esters is 1. The highest BCUT2D eigenvalue weighted by Gasteiger charge is 2.23. The second kappa shape index (κ2) is 6.73. The molecule has 2 rings (SSSR count). The fourth-order valence-electron chi connectivity index (χ4n) is 1.87. The molecule has 0 heterocycles. The summed E-state index contributed by atoms with van der Waals surface area (Å²) in [6, 6.07) is 8.72. The third-order valence-corrected chi connectivity index (χ3v) is 3.03. The molecule has 0 amide bonds. The van der Waals surface area contributed by atoms with Gasteiger partial charge in [0.05, 0.1) is 12.2 Å². The molecule has 6 heteroatoms. The van der Waals surface area contributed by atoms with E-state index in [1.54, 1.807) is 6.92 Å². The predicted molar refractivity (Wildman–Crippen MR) is 78.4 cm³/mol. The van der Waals surface area contributed by atoms with Crippen molar-refractivity contribution >= 4 is 5.97 Å². The van der Waals surface area contributed by atoms with Gasteiger partial charge in [0, 0.05) is 12.5 Å². The number of benzene rings is 2. The first-order valence-electron chi connectivity index (χ1n) is 6.94. The second-order valence-electron chi connectivity index (χ2n) is 4.88. The third kappa shape index (κ3) is 4.25. The Hall–Kier alpha value is -2.50. The predicted octanol–water partition coefficient (Wildman–Crippen LogP) is 4.91. The van der Waals surface area contributed by atoms with Gasteiger partial charge in [-0.25, -0.2) is 18.0 Å². The van der Waals surface area contributed by atoms with Crippen LogP contribution in [0.25, 0.3) is 0 Å². The maximum Gasteiger partial charge on any atom is 0.338 e. The third-order valence-electron chi connectivity index (χ3n) is 3.03. The van der Waals surface area contributed by atoms with Gasteiger partial charge in [-0.3, -0.25) is 0 Å². The summed E-state index contributed by atoms with van der Waals surface area (Å²) in [5.74, 6) is -4.24. The minimum absolute atomic E-state index is 0.0673. The van der Waals surface area contributed by atoms with Crippen molar-refractivity contribution in [3.05, 3.63) is 59.4 Å². The number of carbonyl (C=O) groups excluding carboxylic acids is 1. The topological polar surface area (TPSA) is 35.5 Å². The molecule has 0 bridgehead atoms. The van der Waals surface area contributed by atoms with Gasteiger partial charge in [-0.2, -0.15) is 0 Å². The molecule has 122 valence electrons. The van der Waals surface area contributed by atoms with Crippen LogP contribution in [-0.4, -0.2) is 12.6 Å². The average Bonchev–Trinajstić information content (AvgIpc) is 2.49. The first kappa shape index (κ1) is 16.9. The van der Waals surface area contributed by atoms with Gasteiger partial charge >= 0.3 is 5.97 Å². The lowest BCUT2D eigenvalue weighted by molar-refractivity contribution is 0.0174. The van der Waals surface area contributed by atoms with E-state index in [4.69, 9.17) is 9.47 Å². The summed E-state index contributed by atoms with van der Waals surface area (Å²) in [6.07, 6.45) is 0. The molecule has 0 aliphatic heterocycles. The molecule has 3 nitrogen and oxygen atoms in total. The van der Waals surface area contributed by atoms with Gasteiger partial charge in [-0.15, -0.1) is 0 Å². The van der Waals surface area contributed by atoms with Crippen molar-refractivity contribution in [2.75, 3.05) is 6.61 Å². The smallest absolute Gasteiger partial charge is 0.338 e. The highest BCUT2D eigenvalue weighted by atomic mass is 19.3. The van der Waals surface area contributed by atoms with Crippen LogP contribution in [0.15, 0.2) is 42.5 Å². The summed E-state index contributed by atoms with van der Waals surface area (Å²) >= 11 is 0. The molecule has 0 spiro atoms. The van der Waals surface area contributed by atoms with Crippen LogP contribution in [0.1, 0.15) is 29.8 Å². The number of hydrogen-bond donors (Lipinski definition) is 0. The van der Waals surface area contributed by atoms with E-state index in [0.717, 1.165) is 13.0 Å². The van der Waals surface area contributed by atoms with E-state index >= 15 is 0 Å². The normalized spacial score (nSPS) is 11.2. The number of halogens is 3. The molecule has 0 aliphatic carbocycles. The Morgan fingerprint density at radius 1 is 1.13 bits per heavy atom. The van der Waals surface area contributed by atoms with E-state index in [1.165, 1.54) is 36.4 Å². The number of hydrogen-bond acceptors (Lipinski definition) is 3. The highest BCUT2D eigenvalue weighted by molar-refractivity contribution is 5.89. The van der Waals surface area contributed by atoms with E-state index in [2.05, 4.69) is 0 Å². The molecule has 0 unspecified atom stereocenters. The molecule has 0 aliphatic rings. The van der Waals surface area contributed by atoms with Crippen molar-refractivity contribution in [2.24, 2.45) is 0 Å². The van der Waals surface area contributed by atoms with E-state index in [0.29, 0.717) is 0 Å². The maximum atomic E-state index is 14.0. The van der Waals surface area contributed by atoms with Crippen LogP contribution in [0.5, 0.6) is 11.5 Å². The summed E-state index contributed by atoms with van der Waals surface area (Å²) in [4.78, 5) is 11.5. The van der Waals surface area contributed by atoms with E-state index < -0.39 is 17.7 Å². The maximum absolute atomic E-state index is 14.0. The van der Waals surface area contributed by atoms with Crippen molar-refractivity contribution in [1.29, 1.82) is 0 Å². The first-order chi connectivity index (χ1) is 10.8. The zero-order chi connectivity index (χ0) is 17.0. The van der Waals surface area contributed by atoms with Crippen LogP contribution in [-0.2, 0) is 10.7 Å². The minimum atomic E-state index is -2.95. The van der Waals surface area contributed by atoms with E-state index in [9.17, 15) is 18.0 Å². The fraction of sp³-hybridized carbons (Fsp3) is 0.235. The van der Waals surface area contributed by atoms with Gasteiger partial charge in [-0.1, -0.05) is 0 Å². The SMILES string of the molecule is CCOC(=O)c1ccc(Oc2ccc(C(C)(F)F)cc2)c(F)c1. The Balaban J connectivity index is 2.16. The molecular weight excluding hydrogens is 309 g/mol. The molecule has 2 aromatic carbocycles. The Labute approximate surface area is 131 Å². The zero-order valence-electron chi connectivity index (χ0n) is 12.6. The van der Waals surface area contributed by atoms with Crippen LogP contribution < -0.4 is 4.74 Å². The van der Waals surface area contributed by atoms with Gasteiger partial charge < -0.3 is 9.47 Å². The number of carbonyl (C=O) groups is 1. The first-order valence-corrected chi connectivity index (χ1v) is 6.94. The fourth-order valence-corrected chi connectivity index (χ4v) is 1.87. The van der Waals surface area contributed by atoms with Crippen molar-refractivity contribution in [1.82, 2.24) is 0 Å². The molecule has 2 aromatic rings. The summed E-state index contributed by atoms with van der Waals surface area (Å²) in [6.45, 7) is 2.62. The number of alkyl halides is 2. The Morgan fingerprint density at radius 2 is 1.78 bits per heavy atom. The van der Waals surface area contributed by atoms with Crippen LogP contribution >= 0.6 is 0 Å². The van der Waals surface area contributed by atoms with Crippen molar-refractivity contribution in [3.63, 3.8) is 0 Å². The molecule has 0 aromatic heterocycles. The number of rotatable bonds is 5. The lowest BCUT2D eigenvalue weighted by atomic mass is 10.1. The molecule has 0 saturated carbocycles. The van der Waals surface area contributed by atoms with Crippen molar-refractivity contribution in [3.8, 4) is 11.5 Å². The standard InChI is InChI=1S/C17H15F3O3/c1-3-22-16(21)11-4-9-15(14(18)10-11)23-13-7-5-12(6-8-13)17(2,19)20/h4-10H,3H2,1-2H3. The van der Waals surface area contributed by atoms with Crippen LogP contribution in [0, 0.1) is 5.82 Å². The summed E-state index contributed by atoms with van der Waals surface area (Å²) in [5.41, 5.74) is -0.0966.